The Labute approximate surface area is 152 Å². The third-order valence-electron chi connectivity index (χ3n) is 4.32. The van der Waals surface area contributed by atoms with E-state index in [1.807, 2.05) is 17.4 Å². The van der Waals surface area contributed by atoms with Crippen LogP contribution in [0.3, 0.4) is 0 Å². The molecule has 0 spiro atoms. The molecule has 0 saturated carbocycles. The van der Waals surface area contributed by atoms with Crippen LogP contribution in [0.15, 0.2) is 29.3 Å². The van der Waals surface area contributed by atoms with Crippen molar-refractivity contribution in [3.63, 3.8) is 0 Å². The number of aromatic nitrogens is 1. The average molecular weight is 361 g/mol. The van der Waals surface area contributed by atoms with Crippen LogP contribution in [0, 0.1) is 5.82 Å². The van der Waals surface area contributed by atoms with Crippen molar-refractivity contribution >= 4 is 17.3 Å². The zero-order chi connectivity index (χ0) is 17.5. The number of hydrogen-bond acceptors (Lipinski definition) is 3. The van der Waals surface area contributed by atoms with Crippen LogP contribution >= 0.6 is 11.3 Å². The van der Waals surface area contributed by atoms with Gasteiger partial charge in [-0.3, -0.25) is 4.99 Å². The van der Waals surface area contributed by atoms with E-state index in [0.29, 0.717) is 6.54 Å². The summed E-state index contributed by atoms with van der Waals surface area (Å²) in [6.45, 7) is 1.39. The van der Waals surface area contributed by atoms with Crippen molar-refractivity contribution in [2.75, 3.05) is 13.6 Å². The number of guanidine groups is 1. The van der Waals surface area contributed by atoms with E-state index in [2.05, 4.69) is 15.6 Å². The van der Waals surface area contributed by atoms with Gasteiger partial charge in [-0.15, -0.1) is 11.3 Å². The van der Waals surface area contributed by atoms with E-state index in [1.165, 1.54) is 47.0 Å². The molecule has 1 aromatic carbocycles. The van der Waals surface area contributed by atoms with Gasteiger partial charge in [0.2, 0.25) is 0 Å². The molecule has 6 heteroatoms. The Bertz CT molecular complexity index is 702. The summed E-state index contributed by atoms with van der Waals surface area (Å²) in [5, 5.41) is 7.78. The molecule has 1 heterocycles. The predicted molar refractivity (Wildman–Crippen MR) is 102 cm³/mol. The summed E-state index contributed by atoms with van der Waals surface area (Å²) >= 11 is 1.89. The van der Waals surface area contributed by atoms with Crippen LogP contribution in [0.2, 0.25) is 0 Å². The van der Waals surface area contributed by atoms with Crippen molar-refractivity contribution in [2.45, 2.75) is 45.1 Å². The summed E-state index contributed by atoms with van der Waals surface area (Å²) in [4.78, 5) is 10.5. The number of thiazole rings is 1. The Balaban J connectivity index is 1.39. The fraction of sp³-hybridized carbons (Fsp3) is 0.474. The molecule has 0 bridgehead atoms. The second-order valence-electron chi connectivity index (χ2n) is 6.27. The minimum atomic E-state index is -0.214. The predicted octanol–water partition coefficient (Wildman–Crippen LogP) is 3.46. The zero-order valence-electron chi connectivity index (χ0n) is 14.6. The molecule has 25 heavy (non-hydrogen) atoms. The normalized spacial score (nSPS) is 14.2. The molecule has 134 valence electrons. The number of halogens is 1. The van der Waals surface area contributed by atoms with Crippen molar-refractivity contribution in [2.24, 2.45) is 4.99 Å². The van der Waals surface area contributed by atoms with Crippen molar-refractivity contribution < 1.29 is 4.39 Å². The van der Waals surface area contributed by atoms with E-state index in [-0.39, 0.29) is 5.82 Å². The highest BCUT2D eigenvalue weighted by Crippen LogP contribution is 2.27. The molecule has 2 aromatic rings. The lowest BCUT2D eigenvalue weighted by Gasteiger charge is -2.11. The van der Waals surface area contributed by atoms with Crippen LogP contribution in [0.5, 0.6) is 0 Å². The van der Waals surface area contributed by atoms with Gasteiger partial charge in [0.05, 0.1) is 10.7 Å². The van der Waals surface area contributed by atoms with E-state index in [4.69, 9.17) is 4.98 Å². The molecule has 0 unspecified atom stereocenters. The lowest BCUT2D eigenvalue weighted by atomic mass is 10.0. The molecule has 2 N–H and O–H groups in total. The number of hydrogen-bond donors (Lipinski definition) is 2. The topological polar surface area (TPSA) is 49.3 Å². The van der Waals surface area contributed by atoms with Crippen molar-refractivity contribution in [3.05, 3.63) is 51.2 Å². The maximum absolute atomic E-state index is 13.2. The fourth-order valence-corrected chi connectivity index (χ4v) is 4.21. The molecular formula is C19H25FN4S. The summed E-state index contributed by atoms with van der Waals surface area (Å²) in [6, 6.07) is 6.60. The third-order valence-corrected chi connectivity index (χ3v) is 5.54. The number of fused-ring (bicyclic) bond motifs is 1. The van der Waals surface area contributed by atoms with Crippen LogP contribution < -0.4 is 10.6 Å². The Kier molecular flexibility index (Phi) is 6.39. The average Bonchev–Trinajstić information content (AvgIpc) is 3.04. The van der Waals surface area contributed by atoms with Gasteiger partial charge >= 0.3 is 0 Å². The number of aliphatic imine (C=N–C) groups is 1. The van der Waals surface area contributed by atoms with Crippen LogP contribution in [0.25, 0.3) is 0 Å². The summed E-state index contributed by atoms with van der Waals surface area (Å²) < 4.78 is 13.2. The van der Waals surface area contributed by atoms with Crippen LogP contribution in [0.1, 0.15) is 40.4 Å². The molecule has 3 rings (SSSR count). The molecule has 0 radical (unpaired) electrons. The third kappa shape index (κ3) is 5.26. The summed E-state index contributed by atoms with van der Waals surface area (Å²) in [6.07, 6.45) is 6.98. The SMILES string of the molecule is CN=C(NCCCc1nc2c(s1)CCCC2)NCc1cccc(F)c1. The fourth-order valence-electron chi connectivity index (χ4n) is 3.01. The second kappa shape index (κ2) is 8.94. The van der Waals surface area contributed by atoms with Gasteiger partial charge in [-0.25, -0.2) is 9.37 Å². The second-order valence-corrected chi connectivity index (χ2v) is 7.44. The number of benzene rings is 1. The van der Waals surface area contributed by atoms with E-state index < -0.39 is 0 Å². The maximum Gasteiger partial charge on any atom is 0.191 e. The molecule has 0 atom stereocenters. The largest absolute Gasteiger partial charge is 0.356 e. The van der Waals surface area contributed by atoms with Crippen molar-refractivity contribution in [3.8, 4) is 0 Å². The smallest absolute Gasteiger partial charge is 0.191 e. The Hall–Kier alpha value is -1.95. The molecule has 1 aliphatic carbocycles. The zero-order valence-corrected chi connectivity index (χ0v) is 15.5. The molecule has 0 saturated heterocycles. The monoisotopic (exact) mass is 360 g/mol. The van der Waals surface area contributed by atoms with Gasteiger partial charge < -0.3 is 10.6 Å². The van der Waals surface area contributed by atoms with Gasteiger partial charge in [-0.2, -0.15) is 0 Å². The van der Waals surface area contributed by atoms with Crippen molar-refractivity contribution in [1.29, 1.82) is 0 Å². The van der Waals surface area contributed by atoms with Gasteiger partial charge in [0.25, 0.3) is 0 Å². The molecule has 1 aliphatic rings. The lowest BCUT2D eigenvalue weighted by molar-refractivity contribution is 0.624. The quantitative estimate of drug-likeness (QED) is 0.471. The Morgan fingerprint density at radius 1 is 1.28 bits per heavy atom. The number of aryl methyl sites for hydroxylation is 3. The number of nitrogens with one attached hydrogen (secondary N) is 2. The van der Waals surface area contributed by atoms with Gasteiger partial charge in [-0.1, -0.05) is 12.1 Å². The minimum absolute atomic E-state index is 0.214. The first-order chi connectivity index (χ1) is 12.2. The van der Waals surface area contributed by atoms with E-state index in [0.717, 1.165) is 37.3 Å². The van der Waals surface area contributed by atoms with Gasteiger partial charge in [-0.05, 0) is 49.8 Å². The summed E-state index contributed by atoms with van der Waals surface area (Å²) in [5.41, 5.74) is 2.24. The molecule has 0 fully saturated rings. The van der Waals surface area contributed by atoms with Crippen molar-refractivity contribution in [1.82, 2.24) is 15.6 Å². The summed E-state index contributed by atoms with van der Waals surface area (Å²) in [7, 11) is 1.75. The standard InChI is InChI=1S/C19H25FN4S/c1-21-19(23-13-14-6-4-7-15(20)12-14)22-11-5-10-18-24-16-8-2-3-9-17(16)25-18/h4,6-7,12H,2-3,5,8-11,13H2,1H3,(H2,21,22,23). The first-order valence-corrected chi connectivity index (χ1v) is 9.72. The maximum atomic E-state index is 13.2. The Morgan fingerprint density at radius 3 is 2.96 bits per heavy atom. The molecule has 1 aromatic heterocycles. The summed E-state index contributed by atoms with van der Waals surface area (Å²) in [5.74, 6) is 0.524. The first kappa shape index (κ1) is 17.9. The van der Waals surface area contributed by atoms with Crippen LogP contribution in [-0.2, 0) is 25.8 Å². The molecule has 0 aliphatic heterocycles. The molecule has 0 amide bonds. The highest BCUT2D eigenvalue weighted by molar-refractivity contribution is 7.11. The van der Waals surface area contributed by atoms with E-state index in [1.54, 1.807) is 13.1 Å². The van der Waals surface area contributed by atoms with Gasteiger partial charge in [0.15, 0.2) is 5.96 Å². The number of nitrogens with zero attached hydrogens (tertiary/aromatic N) is 2. The van der Waals surface area contributed by atoms with Gasteiger partial charge in [0.1, 0.15) is 5.82 Å². The van der Waals surface area contributed by atoms with E-state index >= 15 is 0 Å². The number of rotatable bonds is 6. The highest BCUT2D eigenvalue weighted by Gasteiger charge is 2.14. The lowest BCUT2D eigenvalue weighted by Crippen LogP contribution is -2.37. The Morgan fingerprint density at radius 2 is 2.16 bits per heavy atom. The molecule has 4 nitrogen and oxygen atoms in total. The molecular weight excluding hydrogens is 335 g/mol. The first-order valence-electron chi connectivity index (χ1n) is 8.91. The van der Waals surface area contributed by atoms with Crippen LogP contribution in [-0.4, -0.2) is 24.5 Å². The minimum Gasteiger partial charge on any atom is -0.356 e. The van der Waals surface area contributed by atoms with Gasteiger partial charge in [0, 0.05) is 31.4 Å². The highest BCUT2D eigenvalue weighted by atomic mass is 32.1. The van der Waals surface area contributed by atoms with E-state index in [9.17, 15) is 4.39 Å². The van der Waals surface area contributed by atoms with Crippen LogP contribution in [0.4, 0.5) is 4.39 Å².